The second-order valence-electron chi connectivity index (χ2n) is 11.4. The minimum Gasteiger partial charge on any atom is -0.477 e. The fraction of sp³-hybridized carbons (Fsp3) is 0.387. The maximum Gasteiger partial charge on any atom is 0.410 e. The first kappa shape index (κ1) is 27.3. The summed E-state index contributed by atoms with van der Waals surface area (Å²) in [7, 11) is 0. The third-order valence-corrected chi connectivity index (χ3v) is 7.45. The zero-order valence-corrected chi connectivity index (χ0v) is 23.1. The van der Waals surface area contributed by atoms with E-state index in [2.05, 4.69) is 29.2 Å². The highest BCUT2D eigenvalue weighted by molar-refractivity contribution is 5.85. The van der Waals surface area contributed by atoms with Crippen LogP contribution in [0.4, 0.5) is 9.59 Å². The lowest BCUT2D eigenvalue weighted by Crippen LogP contribution is -2.49. The number of fused-ring (bicyclic) bond motifs is 3. The van der Waals surface area contributed by atoms with E-state index in [-0.39, 0.29) is 36.9 Å². The molecular formula is C31H35N3O6. The van der Waals surface area contributed by atoms with E-state index in [0.29, 0.717) is 31.5 Å². The predicted molar refractivity (Wildman–Crippen MR) is 149 cm³/mol. The average molecular weight is 546 g/mol. The summed E-state index contributed by atoms with van der Waals surface area (Å²) in [6.45, 7) is 6.77. The highest BCUT2D eigenvalue weighted by atomic mass is 16.6. The van der Waals surface area contributed by atoms with E-state index in [0.717, 1.165) is 22.3 Å². The first-order valence-electron chi connectivity index (χ1n) is 13.6. The molecule has 9 nitrogen and oxygen atoms in total. The third kappa shape index (κ3) is 5.83. The minimum absolute atomic E-state index is 0.0576. The number of carbonyl (C=O) groups is 3. The molecule has 0 unspecified atom stereocenters. The van der Waals surface area contributed by atoms with Gasteiger partial charge in [-0.3, -0.25) is 0 Å². The van der Waals surface area contributed by atoms with Crippen LogP contribution < -0.4 is 0 Å². The van der Waals surface area contributed by atoms with Crippen molar-refractivity contribution in [2.45, 2.75) is 57.7 Å². The molecule has 2 heterocycles. The molecule has 0 radical (unpaired) electrons. The Labute approximate surface area is 233 Å². The molecule has 2 N–H and O–H groups in total. The number of aromatic amines is 1. The van der Waals surface area contributed by atoms with E-state index in [9.17, 15) is 19.5 Å². The quantitative estimate of drug-likeness (QED) is 0.401. The van der Waals surface area contributed by atoms with Crippen LogP contribution in [0.2, 0.25) is 0 Å². The molecule has 210 valence electrons. The Kier molecular flexibility index (Phi) is 7.56. The van der Waals surface area contributed by atoms with Gasteiger partial charge in [0, 0.05) is 31.2 Å². The fourth-order valence-electron chi connectivity index (χ4n) is 5.56. The van der Waals surface area contributed by atoms with Crippen molar-refractivity contribution < 1.29 is 29.0 Å². The van der Waals surface area contributed by atoms with Gasteiger partial charge in [-0.15, -0.1) is 0 Å². The number of hydrogen-bond donors (Lipinski definition) is 2. The van der Waals surface area contributed by atoms with E-state index < -0.39 is 17.7 Å². The van der Waals surface area contributed by atoms with Gasteiger partial charge in [0.2, 0.25) is 0 Å². The van der Waals surface area contributed by atoms with Gasteiger partial charge in [0.1, 0.15) is 17.9 Å². The number of carboxylic acids is 1. The Morgan fingerprint density at radius 3 is 2.15 bits per heavy atom. The van der Waals surface area contributed by atoms with Gasteiger partial charge in [-0.2, -0.15) is 0 Å². The van der Waals surface area contributed by atoms with Crippen molar-refractivity contribution in [3.63, 3.8) is 0 Å². The standard InChI is InChI=1S/C31H35N3O6/c1-31(2,3)40-29(37)33-14-12-21(13-15-33)34(18-20-16-27(28(35)36)32-17-20)30(38)39-19-26-24-10-6-4-8-22(24)23-9-5-7-11-25(23)26/h4-11,16-17,21,26,32H,12-15,18-19H2,1-3H3,(H,35,36). The summed E-state index contributed by atoms with van der Waals surface area (Å²) in [4.78, 5) is 43.7. The maximum absolute atomic E-state index is 13.6. The number of hydrogen-bond acceptors (Lipinski definition) is 5. The molecule has 1 aliphatic carbocycles. The van der Waals surface area contributed by atoms with Crippen molar-refractivity contribution in [2.24, 2.45) is 0 Å². The lowest BCUT2D eigenvalue weighted by Gasteiger charge is -2.38. The van der Waals surface area contributed by atoms with E-state index in [1.807, 2.05) is 45.0 Å². The molecule has 3 aromatic rings. The summed E-state index contributed by atoms with van der Waals surface area (Å²) in [6.07, 6.45) is 1.88. The number of carbonyl (C=O) groups excluding carboxylic acids is 2. The minimum atomic E-state index is -1.07. The second kappa shape index (κ2) is 11.1. The van der Waals surface area contributed by atoms with Crippen LogP contribution in [-0.4, -0.2) is 69.4 Å². The molecule has 2 aliphatic rings. The average Bonchev–Trinajstić information content (AvgIpc) is 3.53. The summed E-state index contributed by atoms with van der Waals surface area (Å²) in [5.41, 5.74) is 4.70. The number of amides is 2. The molecule has 2 aromatic carbocycles. The smallest absolute Gasteiger partial charge is 0.410 e. The molecule has 5 rings (SSSR count). The molecule has 1 aromatic heterocycles. The van der Waals surface area contributed by atoms with Gasteiger partial charge in [0.15, 0.2) is 0 Å². The van der Waals surface area contributed by atoms with Crippen molar-refractivity contribution in [2.75, 3.05) is 19.7 Å². The Morgan fingerprint density at radius 1 is 1.00 bits per heavy atom. The normalized spacial score (nSPS) is 15.3. The molecule has 1 saturated heterocycles. The molecule has 9 heteroatoms. The summed E-state index contributed by atoms with van der Waals surface area (Å²) >= 11 is 0. The second-order valence-corrected chi connectivity index (χ2v) is 11.4. The summed E-state index contributed by atoms with van der Waals surface area (Å²) < 4.78 is 11.5. The topological polar surface area (TPSA) is 112 Å². The molecule has 0 atom stereocenters. The first-order chi connectivity index (χ1) is 19.1. The van der Waals surface area contributed by atoms with Crippen molar-refractivity contribution >= 4 is 18.2 Å². The van der Waals surface area contributed by atoms with Crippen molar-refractivity contribution in [3.05, 3.63) is 83.2 Å². The molecule has 0 spiro atoms. The van der Waals surface area contributed by atoms with Gasteiger partial charge in [0.25, 0.3) is 0 Å². The summed E-state index contributed by atoms with van der Waals surface area (Å²) in [5.74, 6) is -1.14. The Balaban J connectivity index is 1.31. The van der Waals surface area contributed by atoms with Crippen LogP contribution in [0.5, 0.6) is 0 Å². The highest BCUT2D eigenvalue weighted by Crippen LogP contribution is 2.44. The fourth-order valence-corrected chi connectivity index (χ4v) is 5.56. The number of rotatable bonds is 6. The molecular weight excluding hydrogens is 510 g/mol. The van der Waals surface area contributed by atoms with Crippen LogP contribution in [0.3, 0.4) is 0 Å². The van der Waals surface area contributed by atoms with E-state index in [1.165, 1.54) is 6.07 Å². The molecule has 0 bridgehead atoms. The number of nitrogens with zero attached hydrogens (tertiary/aromatic N) is 2. The number of H-pyrrole nitrogens is 1. The number of aromatic carboxylic acids is 1. The van der Waals surface area contributed by atoms with Crippen molar-refractivity contribution in [1.82, 2.24) is 14.8 Å². The van der Waals surface area contributed by atoms with Crippen molar-refractivity contribution in [1.29, 1.82) is 0 Å². The van der Waals surface area contributed by atoms with Gasteiger partial charge < -0.3 is 29.4 Å². The molecule has 40 heavy (non-hydrogen) atoms. The van der Waals surface area contributed by atoms with Gasteiger partial charge in [-0.1, -0.05) is 48.5 Å². The van der Waals surface area contributed by atoms with Crippen LogP contribution in [0.25, 0.3) is 11.1 Å². The van der Waals surface area contributed by atoms with Crippen molar-refractivity contribution in [3.8, 4) is 11.1 Å². The number of piperidine rings is 1. The SMILES string of the molecule is CC(C)(C)OC(=O)N1CCC(N(Cc2c[nH]c(C(=O)O)c2)C(=O)OCC2c3ccccc3-c3ccccc32)CC1. The number of likely N-dealkylation sites (tertiary alicyclic amines) is 1. The lowest BCUT2D eigenvalue weighted by molar-refractivity contribution is 0.0129. The summed E-state index contributed by atoms with van der Waals surface area (Å²) in [5, 5.41) is 9.33. The number of ether oxygens (including phenoxy) is 2. The van der Waals surface area contributed by atoms with Gasteiger partial charge >= 0.3 is 18.2 Å². The molecule has 0 saturated carbocycles. The number of carboxylic acid groups (broad SMARTS) is 1. The van der Waals surface area contributed by atoms with Crippen LogP contribution in [0.15, 0.2) is 60.8 Å². The number of nitrogens with one attached hydrogen (secondary N) is 1. The Hall–Kier alpha value is -4.27. The maximum atomic E-state index is 13.6. The predicted octanol–water partition coefficient (Wildman–Crippen LogP) is 5.86. The van der Waals surface area contributed by atoms with Crippen LogP contribution in [0, 0.1) is 0 Å². The zero-order chi connectivity index (χ0) is 28.4. The van der Waals surface area contributed by atoms with Crippen LogP contribution >= 0.6 is 0 Å². The molecule has 1 aliphatic heterocycles. The Morgan fingerprint density at radius 2 is 1.60 bits per heavy atom. The lowest BCUT2D eigenvalue weighted by atomic mass is 9.98. The van der Waals surface area contributed by atoms with Gasteiger partial charge in [0.05, 0.1) is 6.54 Å². The van der Waals surface area contributed by atoms with Gasteiger partial charge in [-0.25, -0.2) is 14.4 Å². The molecule has 2 amide bonds. The van der Waals surface area contributed by atoms with Gasteiger partial charge in [-0.05, 0) is 67.5 Å². The third-order valence-electron chi connectivity index (χ3n) is 7.45. The largest absolute Gasteiger partial charge is 0.477 e. The number of benzene rings is 2. The first-order valence-corrected chi connectivity index (χ1v) is 13.6. The highest BCUT2D eigenvalue weighted by Gasteiger charge is 2.34. The Bertz CT molecular complexity index is 1350. The number of aromatic nitrogens is 1. The van der Waals surface area contributed by atoms with E-state index in [1.54, 1.807) is 16.0 Å². The molecule has 1 fully saturated rings. The summed E-state index contributed by atoms with van der Waals surface area (Å²) in [6, 6.07) is 17.7. The van der Waals surface area contributed by atoms with Crippen LogP contribution in [0.1, 0.15) is 66.7 Å². The monoisotopic (exact) mass is 545 g/mol. The van der Waals surface area contributed by atoms with Crippen LogP contribution in [-0.2, 0) is 16.0 Å². The zero-order valence-electron chi connectivity index (χ0n) is 23.1. The van der Waals surface area contributed by atoms with E-state index >= 15 is 0 Å². The van der Waals surface area contributed by atoms with E-state index in [4.69, 9.17) is 9.47 Å².